The zero-order valence-electron chi connectivity index (χ0n) is 17.1. The van der Waals surface area contributed by atoms with Crippen LogP contribution in [-0.2, 0) is 16.1 Å². The Labute approximate surface area is 172 Å². The van der Waals surface area contributed by atoms with Gasteiger partial charge in [0.05, 0.1) is 35.9 Å². The summed E-state index contributed by atoms with van der Waals surface area (Å²) in [6.45, 7) is 6.56. The zero-order chi connectivity index (χ0) is 21.6. The van der Waals surface area contributed by atoms with E-state index < -0.39 is 24.2 Å². The molecule has 9 nitrogen and oxygen atoms in total. The summed E-state index contributed by atoms with van der Waals surface area (Å²) in [6.07, 6.45) is -0.218. The number of aromatic nitrogens is 1. The number of nitrogens with one attached hydrogen (secondary N) is 1. The SMILES string of the molecule is CC(=O)N(C(=O)c1noc2c(F)c(N3C[C@@H](C)O[C@@H](C)C3)c(CO)cc12)C1CNC1. The molecule has 1 aromatic carbocycles. The summed E-state index contributed by atoms with van der Waals surface area (Å²) < 4.78 is 26.4. The molecule has 2 aliphatic rings. The molecule has 2 amide bonds. The quantitative estimate of drug-likeness (QED) is 0.755. The minimum Gasteiger partial charge on any atom is -0.392 e. The van der Waals surface area contributed by atoms with Crippen LogP contribution in [0.15, 0.2) is 10.6 Å². The van der Waals surface area contributed by atoms with E-state index in [4.69, 9.17) is 9.26 Å². The number of aliphatic hydroxyl groups is 1. The standard InChI is InChI=1S/C20H25FN4O5/c1-10-7-24(8-11(2)29-10)18-13(9-26)4-15-17(23-30-19(15)16(18)21)20(28)25(12(3)27)14-5-22-6-14/h4,10-11,14,22,26H,5-9H2,1-3H3/t10-,11+. The molecule has 10 heteroatoms. The average Bonchev–Trinajstić information content (AvgIpc) is 3.06. The van der Waals surface area contributed by atoms with Crippen LogP contribution in [0.4, 0.5) is 10.1 Å². The van der Waals surface area contributed by atoms with Crippen molar-refractivity contribution in [3.8, 4) is 0 Å². The third-order valence-electron chi connectivity index (χ3n) is 5.55. The molecule has 2 saturated heterocycles. The highest BCUT2D eigenvalue weighted by atomic mass is 19.1. The first-order valence-electron chi connectivity index (χ1n) is 9.98. The van der Waals surface area contributed by atoms with Gasteiger partial charge in [0.25, 0.3) is 5.91 Å². The number of halogens is 1. The molecule has 4 rings (SSSR count). The van der Waals surface area contributed by atoms with Gasteiger partial charge in [0.2, 0.25) is 11.5 Å². The molecule has 0 bridgehead atoms. The number of fused-ring (bicyclic) bond motifs is 1. The van der Waals surface area contributed by atoms with Crippen molar-refractivity contribution >= 4 is 28.5 Å². The van der Waals surface area contributed by atoms with Crippen LogP contribution >= 0.6 is 0 Å². The second kappa shape index (κ2) is 7.93. The second-order valence-electron chi connectivity index (χ2n) is 7.93. The third-order valence-corrected chi connectivity index (χ3v) is 5.55. The van der Waals surface area contributed by atoms with Gasteiger partial charge in [0.15, 0.2) is 11.5 Å². The summed E-state index contributed by atoms with van der Waals surface area (Å²) in [4.78, 5) is 28.0. The number of aliphatic hydroxyl groups excluding tert-OH is 1. The number of benzene rings is 1. The molecule has 0 spiro atoms. The van der Waals surface area contributed by atoms with Crippen molar-refractivity contribution in [2.75, 3.05) is 31.1 Å². The molecule has 2 aliphatic heterocycles. The Morgan fingerprint density at radius 2 is 2.00 bits per heavy atom. The Morgan fingerprint density at radius 1 is 1.33 bits per heavy atom. The first-order valence-corrected chi connectivity index (χ1v) is 9.98. The van der Waals surface area contributed by atoms with Crippen molar-refractivity contribution in [1.82, 2.24) is 15.4 Å². The van der Waals surface area contributed by atoms with E-state index in [-0.39, 0.29) is 40.6 Å². The predicted octanol–water partition coefficient (Wildman–Crippen LogP) is 1.03. The molecule has 0 radical (unpaired) electrons. The van der Waals surface area contributed by atoms with E-state index in [1.165, 1.54) is 13.0 Å². The number of rotatable bonds is 4. The van der Waals surface area contributed by atoms with Crippen LogP contribution < -0.4 is 10.2 Å². The molecule has 0 unspecified atom stereocenters. The van der Waals surface area contributed by atoms with Gasteiger partial charge >= 0.3 is 0 Å². The Balaban J connectivity index is 1.78. The first kappa shape index (κ1) is 20.7. The van der Waals surface area contributed by atoms with E-state index in [2.05, 4.69) is 10.5 Å². The largest absolute Gasteiger partial charge is 0.392 e. The van der Waals surface area contributed by atoms with Gasteiger partial charge in [-0.3, -0.25) is 14.5 Å². The molecule has 1 aromatic heterocycles. The van der Waals surface area contributed by atoms with E-state index >= 15 is 4.39 Å². The maximum atomic E-state index is 15.5. The van der Waals surface area contributed by atoms with Gasteiger partial charge in [-0.15, -0.1) is 0 Å². The fourth-order valence-electron chi connectivity index (χ4n) is 4.19. The number of amides is 2. The van der Waals surface area contributed by atoms with Crippen LogP contribution in [0.5, 0.6) is 0 Å². The number of ether oxygens (including phenoxy) is 1. The molecular weight excluding hydrogens is 395 g/mol. The number of hydrogen-bond donors (Lipinski definition) is 2. The smallest absolute Gasteiger partial charge is 0.283 e. The van der Waals surface area contributed by atoms with Crippen molar-refractivity contribution < 1.29 is 28.3 Å². The summed E-state index contributed by atoms with van der Waals surface area (Å²) in [5.41, 5.74) is 0.218. The van der Waals surface area contributed by atoms with E-state index in [1.54, 1.807) is 0 Å². The van der Waals surface area contributed by atoms with Crippen LogP contribution in [0.25, 0.3) is 11.0 Å². The maximum absolute atomic E-state index is 15.5. The molecule has 30 heavy (non-hydrogen) atoms. The molecule has 0 saturated carbocycles. The van der Waals surface area contributed by atoms with Crippen molar-refractivity contribution in [2.24, 2.45) is 0 Å². The third kappa shape index (κ3) is 3.44. The summed E-state index contributed by atoms with van der Waals surface area (Å²) in [6, 6.07) is 1.24. The van der Waals surface area contributed by atoms with Crippen LogP contribution in [0.2, 0.25) is 0 Å². The molecule has 2 atom stereocenters. The fourth-order valence-corrected chi connectivity index (χ4v) is 4.19. The van der Waals surface area contributed by atoms with Crippen LogP contribution in [0.3, 0.4) is 0 Å². The highest BCUT2D eigenvalue weighted by molar-refractivity contribution is 6.10. The lowest BCUT2D eigenvalue weighted by Gasteiger charge is -2.37. The van der Waals surface area contributed by atoms with Gasteiger partial charge in [-0.2, -0.15) is 0 Å². The molecule has 3 heterocycles. The van der Waals surface area contributed by atoms with Crippen molar-refractivity contribution in [3.05, 3.63) is 23.1 Å². The van der Waals surface area contributed by atoms with Gasteiger partial charge < -0.3 is 24.6 Å². The highest BCUT2D eigenvalue weighted by Crippen LogP contribution is 2.35. The minimum atomic E-state index is -0.691. The number of nitrogens with zero attached hydrogens (tertiary/aromatic N) is 3. The van der Waals surface area contributed by atoms with Gasteiger partial charge in [-0.25, -0.2) is 4.39 Å². The predicted molar refractivity (Wildman–Crippen MR) is 106 cm³/mol. The lowest BCUT2D eigenvalue weighted by Crippen LogP contribution is -2.60. The first-order chi connectivity index (χ1) is 14.3. The Hall–Kier alpha value is -2.56. The lowest BCUT2D eigenvalue weighted by molar-refractivity contribution is -0.128. The summed E-state index contributed by atoms with van der Waals surface area (Å²) in [7, 11) is 0. The monoisotopic (exact) mass is 420 g/mol. The summed E-state index contributed by atoms with van der Waals surface area (Å²) in [5.74, 6) is -1.75. The number of imide groups is 1. The highest BCUT2D eigenvalue weighted by Gasteiger charge is 2.36. The normalized spacial score (nSPS) is 22.2. The number of anilines is 1. The molecule has 162 valence electrons. The average molecular weight is 420 g/mol. The molecule has 2 fully saturated rings. The van der Waals surface area contributed by atoms with Crippen molar-refractivity contribution in [2.45, 2.75) is 45.6 Å². The number of hydrogen-bond acceptors (Lipinski definition) is 8. The Bertz CT molecular complexity index is 979. The van der Waals surface area contributed by atoms with Gasteiger partial charge in [-0.1, -0.05) is 5.16 Å². The van der Waals surface area contributed by atoms with Gasteiger partial charge in [0.1, 0.15) is 0 Å². The van der Waals surface area contributed by atoms with Gasteiger partial charge in [-0.05, 0) is 19.9 Å². The number of carbonyl (C=O) groups is 2. The number of carbonyl (C=O) groups excluding carboxylic acids is 2. The Kier molecular flexibility index (Phi) is 5.48. The van der Waals surface area contributed by atoms with Crippen LogP contribution in [0, 0.1) is 5.82 Å². The molecular formula is C20H25FN4O5. The summed E-state index contributed by atoms with van der Waals surface area (Å²) >= 11 is 0. The zero-order valence-corrected chi connectivity index (χ0v) is 17.1. The van der Waals surface area contributed by atoms with E-state index in [0.29, 0.717) is 31.7 Å². The van der Waals surface area contributed by atoms with Crippen molar-refractivity contribution in [1.29, 1.82) is 0 Å². The van der Waals surface area contributed by atoms with Crippen LogP contribution in [-0.4, -0.2) is 71.4 Å². The molecule has 2 aromatic rings. The topological polar surface area (TPSA) is 108 Å². The fraction of sp³-hybridized carbons (Fsp3) is 0.550. The maximum Gasteiger partial charge on any atom is 0.283 e. The molecule has 0 aliphatic carbocycles. The molecule has 2 N–H and O–H groups in total. The second-order valence-corrected chi connectivity index (χ2v) is 7.93. The number of morpholine rings is 1. The summed E-state index contributed by atoms with van der Waals surface area (Å²) in [5, 5.41) is 16.9. The van der Waals surface area contributed by atoms with Gasteiger partial charge in [0, 0.05) is 38.7 Å². The van der Waals surface area contributed by atoms with Crippen LogP contribution in [0.1, 0.15) is 36.8 Å². The van der Waals surface area contributed by atoms with E-state index in [9.17, 15) is 14.7 Å². The minimum absolute atomic E-state index is 0.109. The van der Waals surface area contributed by atoms with E-state index in [0.717, 1.165) is 4.90 Å². The lowest BCUT2D eigenvalue weighted by atomic mass is 10.0. The van der Waals surface area contributed by atoms with E-state index in [1.807, 2.05) is 18.7 Å². The van der Waals surface area contributed by atoms with Crippen molar-refractivity contribution in [3.63, 3.8) is 0 Å². The Morgan fingerprint density at radius 3 is 2.53 bits per heavy atom.